The fraction of sp³-hybridized carbons (Fsp3) is 0.107. The fourth-order valence-corrected chi connectivity index (χ4v) is 5.32. The molecule has 3 heterocycles. The molecule has 31 heavy (non-hydrogen) atoms. The van der Waals surface area contributed by atoms with Gasteiger partial charge in [-0.05, 0) is 37.3 Å². The molecule has 0 fully saturated rings. The third-order valence-electron chi connectivity index (χ3n) is 6.80. The molecule has 1 aliphatic heterocycles. The minimum Gasteiger partial charge on any atom is -0.482 e. The summed E-state index contributed by atoms with van der Waals surface area (Å²) in [6, 6.07) is 21.3. The van der Waals surface area contributed by atoms with Crippen LogP contribution in [0.25, 0.3) is 43.8 Å². The Morgan fingerprint density at radius 3 is 2.90 bits per heavy atom. The van der Waals surface area contributed by atoms with Gasteiger partial charge in [0, 0.05) is 50.5 Å². The zero-order valence-electron chi connectivity index (χ0n) is 17.1. The molecule has 0 spiro atoms. The van der Waals surface area contributed by atoms with E-state index in [1.165, 1.54) is 21.9 Å². The molecule has 1 aliphatic carbocycles. The SMILES string of the molecule is CC12C=CC=CC1c1c(ccc3[nH]c4c(-c5cnc6ccccc6c5)cccc4c13)O2. The zero-order valence-corrected chi connectivity index (χ0v) is 17.1. The van der Waals surface area contributed by atoms with Crippen LogP contribution in [-0.2, 0) is 0 Å². The number of ether oxygens (including phenoxy) is 1. The van der Waals surface area contributed by atoms with Crippen molar-refractivity contribution in [2.45, 2.75) is 18.4 Å². The van der Waals surface area contributed by atoms with E-state index in [0.717, 1.165) is 33.2 Å². The molecular weight excluding hydrogens is 380 g/mol. The van der Waals surface area contributed by atoms with Gasteiger partial charge in [0.05, 0.1) is 11.0 Å². The van der Waals surface area contributed by atoms with Crippen molar-refractivity contribution in [1.29, 1.82) is 0 Å². The first-order valence-electron chi connectivity index (χ1n) is 10.7. The van der Waals surface area contributed by atoms with E-state index in [-0.39, 0.29) is 11.5 Å². The van der Waals surface area contributed by atoms with Crippen LogP contribution >= 0.6 is 0 Å². The lowest BCUT2D eigenvalue weighted by atomic mass is 9.81. The van der Waals surface area contributed by atoms with Crippen LogP contribution in [0.15, 0.2) is 91.2 Å². The first-order chi connectivity index (χ1) is 15.2. The number of para-hydroxylation sites is 2. The van der Waals surface area contributed by atoms with Crippen LogP contribution < -0.4 is 4.74 Å². The Morgan fingerprint density at radius 1 is 1.00 bits per heavy atom. The lowest BCUT2D eigenvalue weighted by Gasteiger charge is -2.27. The number of nitrogens with one attached hydrogen (secondary N) is 1. The Hall–Kier alpha value is -3.85. The van der Waals surface area contributed by atoms with Gasteiger partial charge in [0.25, 0.3) is 0 Å². The average molecular weight is 400 g/mol. The average Bonchev–Trinajstić information content (AvgIpc) is 3.32. The van der Waals surface area contributed by atoms with Crippen molar-refractivity contribution in [3.8, 4) is 16.9 Å². The standard InChI is InChI=1S/C28H20N2O/c1-28-14-5-4-10-21(28)26-24(31-28)13-12-23-25(26)20-9-6-8-19(27(20)30-23)18-15-17-7-2-3-11-22(17)29-16-18/h2-16,21,30H,1H3. The highest BCUT2D eigenvalue weighted by atomic mass is 16.5. The molecule has 5 aromatic rings. The van der Waals surface area contributed by atoms with Crippen molar-refractivity contribution in [3.63, 3.8) is 0 Å². The number of fused-ring (bicyclic) bond motifs is 8. The number of hydrogen-bond acceptors (Lipinski definition) is 2. The number of aromatic amines is 1. The van der Waals surface area contributed by atoms with Crippen molar-refractivity contribution in [3.05, 3.63) is 96.7 Å². The van der Waals surface area contributed by atoms with E-state index in [1.54, 1.807) is 0 Å². The number of pyridine rings is 1. The highest BCUT2D eigenvalue weighted by Crippen LogP contribution is 2.52. The van der Waals surface area contributed by atoms with Crippen LogP contribution in [0.2, 0.25) is 0 Å². The van der Waals surface area contributed by atoms with E-state index < -0.39 is 0 Å². The highest BCUT2D eigenvalue weighted by molar-refractivity contribution is 6.14. The molecule has 3 aromatic carbocycles. The minimum absolute atomic E-state index is 0.209. The molecule has 0 saturated carbocycles. The lowest BCUT2D eigenvalue weighted by molar-refractivity contribution is 0.155. The number of aromatic nitrogens is 2. The molecule has 0 amide bonds. The maximum Gasteiger partial charge on any atom is 0.135 e. The molecule has 2 unspecified atom stereocenters. The van der Waals surface area contributed by atoms with Gasteiger partial charge >= 0.3 is 0 Å². The van der Waals surface area contributed by atoms with Gasteiger partial charge in [0.15, 0.2) is 0 Å². The smallest absolute Gasteiger partial charge is 0.135 e. The predicted molar refractivity (Wildman–Crippen MR) is 127 cm³/mol. The predicted octanol–water partition coefficient (Wildman–Crippen LogP) is 6.90. The summed E-state index contributed by atoms with van der Waals surface area (Å²) in [5.74, 6) is 1.19. The molecule has 148 valence electrons. The molecule has 0 saturated heterocycles. The molecule has 0 bridgehead atoms. The van der Waals surface area contributed by atoms with Gasteiger partial charge in [0.1, 0.15) is 11.4 Å². The number of hydrogen-bond donors (Lipinski definition) is 1. The summed E-state index contributed by atoms with van der Waals surface area (Å²) < 4.78 is 6.43. The highest BCUT2D eigenvalue weighted by Gasteiger charge is 2.43. The van der Waals surface area contributed by atoms with E-state index in [9.17, 15) is 0 Å². The first kappa shape index (κ1) is 16.9. The normalized spacial score (nSPS) is 21.5. The number of allylic oxidation sites excluding steroid dienone is 2. The molecule has 3 heteroatoms. The molecule has 1 N–H and O–H groups in total. The van der Waals surface area contributed by atoms with Crippen molar-refractivity contribution < 1.29 is 4.74 Å². The minimum atomic E-state index is -0.325. The van der Waals surface area contributed by atoms with Gasteiger partial charge in [0.2, 0.25) is 0 Å². The Bertz CT molecular complexity index is 1590. The second-order valence-electron chi connectivity index (χ2n) is 8.68. The van der Waals surface area contributed by atoms with Crippen molar-refractivity contribution >= 4 is 32.7 Å². The van der Waals surface area contributed by atoms with Crippen molar-refractivity contribution in [2.75, 3.05) is 0 Å². The largest absolute Gasteiger partial charge is 0.482 e. The third-order valence-corrected chi connectivity index (χ3v) is 6.80. The summed E-state index contributed by atoms with van der Waals surface area (Å²) in [6.07, 6.45) is 10.6. The van der Waals surface area contributed by atoms with Crippen LogP contribution in [0, 0.1) is 0 Å². The molecule has 2 atom stereocenters. The van der Waals surface area contributed by atoms with Gasteiger partial charge in [-0.25, -0.2) is 0 Å². The van der Waals surface area contributed by atoms with Gasteiger partial charge in [-0.1, -0.05) is 54.6 Å². The Labute approximate surface area is 179 Å². The molecule has 7 rings (SSSR count). The Balaban J connectivity index is 1.51. The summed E-state index contributed by atoms with van der Waals surface area (Å²) in [5.41, 5.74) is 6.55. The topological polar surface area (TPSA) is 37.9 Å². The second-order valence-corrected chi connectivity index (χ2v) is 8.68. The van der Waals surface area contributed by atoms with Crippen LogP contribution in [-0.4, -0.2) is 15.6 Å². The van der Waals surface area contributed by atoms with E-state index in [2.05, 4.69) is 95.8 Å². The zero-order chi connectivity index (χ0) is 20.6. The van der Waals surface area contributed by atoms with Crippen LogP contribution in [0.4, 0.5) is 0 Å². The van der Waals surface area contributed by atoms with Crippen molar-refractivity contribution in [2.24, 2.45) is 0 Å². The number of rotatable bonds is 1. The Morgan fingerprint density at radius 2 is 1.94 bits per heavy atom. The molecule has 2 aliphatic rings. The summed E-state index contributed by atoms with van der Waals surface area (Å²) in [4.78, 5) is 8.39. The maximum atomic E-state index is 6.43. The van der Waals surface area contributed by atoms with Gasteiger partial charge in [-0.2, -0.15) is 0 Å². The van der Waals surface area contributed by atoms with Gasteiger partial charge in [-0.3, -0.25) is 4.98 Å². The van der Waals surface area contributed by atoms with E-state index in [4.69, 9.17) is 4.74 Å². The Kier molecular flexibility index (Phi) is 3.19. The molecule has 2 aromatic heterocycles. The monoisotopic (exact) mass is 400 g/mol. The fourth-order valence-electron chi connectivity index (χ4n) is 5.32. The second kappa shape index (κ2) is 5.86. The summed E-state index contributed by atoms with van der Waals surface area (Å²) >= 11 is 0. The number of H-pyrrole nitrogens is 1. The quantitative estimate of drug-likeness (QED) is 0.332. The van der Waals surface area contributed by atoms with Gasteiger partial charge < -0.3 is 9.72 Å². The first-order valence-corrected chi connectivity index (χ1v) is 10.7. The van der Waals surface area contributed by atoms with E-state index >= 15 is 0 Å². The van der Waals surface area contributed by atoms with Gasteiger partial charge in [-0.15, -0.1) is 0 Å². The number of benzene rings is 3. The van der Waals surface area contributed by atoms with Crippen LogP contribution in [0.1, 0.15) is 18.4 Å². The molecule has 3 nitrogen and oxygen atoms in total. The van der Waals surface area contributed by atoms with E-state index in [1.807, 2.05) is 12.3 Å². The summed E-state index contributed by atoms with van der Waals surface area (Å²) in [6.45, 7) is 2.17. The number of nitrogens with zero attached hydrogens (tertiary/aromatic N) is 1. The van der Waals surface area contributed by atoms with Crippen LogP contribution in [0.5, 0.6) is 5.75 Å². The maximum absolute atomic E-state index is 6.43. The van der Waals surface area contributed by atoms with Crippen LogP contribution in [0.3, 0.4) is 0 Å². The summed E-state index contributed by atoms with van der Waals surface area (Å²) in [5, 5.41) is 3.64. The third kappa shape index (κ3) is 2.26. The van der Waals surface area contributed by atoms with Crippen molar-refractivity contribution in [1.82, 2.24) is 9.97 Å². The summed E-state index contributed by atoms with van der Waals surface area (Å²) in [7, 11) is 0. The van der Waals surface area contributed by atoms with E-state index in [0.29, 0.717) is 0 Å². The molecule has 0 radical (unpaired) electrons. The molecular formula is C28H20N2O. The lowest BCUT2D eigenvalue weighted by Crippen LogP contribution is -2.32.